The number of esters is 1. The molecule has 0 spiro atoms. The summed E-state index contributed by atoms with van der Waals surface area (Å²) < 4.78 is 10.8. The van der Waals surface area contributed by atoms with Gasteiger partial charge < -0.3 is 9.16 Å². The Morgan fingerprint density at radius 1 is 1.33 bits per heavy atom. The van der Waals surface area contributed by atoms with Crippen LogP contribution < -0.4 is 0 Å². The summed E-state index contributed by atoms with van der Waals surface area (Å²) in [7, 11) is -0.840. The van der Waals surface area contributed by atoms with Crippen molar-refractivity contribution >= 4 is 24.5 Å². The van der Waals surface area contributed by atoms with Gasteiger partial charge in [0, 0.05) is 0 Å². The maximum Gasteiger partial charge on any atom is 0.336 e. The molecule has 88 valence electrons. The van der Waals surface area contributed by atoms with E-state index in [1.807, 2.05) is 6.92 Å². The van der Waals surface area contributed by atoms with Crippen molar-refractivity contribution in [2.45, 2.75) is 39.9 Å². The molecule has 0 bridgehead atoms. The number of ether oxygens (including phenoxy) is 1. The molecule has 0 rings (SSSR count). The predicted octanol–water partition coefficient (Wildman–Crippen LogP) is 1.39. The summed E-state index contributed by atoms with van der Waals surface area (Å²) in [5, 5.41) is 0.829. The van der Waals surface area contributed by atoms with E-state index < -0.39 is 8.32 Å². The standard InChI is InChI=1S/C10H22O3Si2/c1-6-7-12-9(11)8(2)10(14)13-15(3,4)5/h6-7H2,1-5,14H3. The first-order valence-electron chi connectivity index (χ1n) is 5.31. The van der Waals surface area contributed by atoms with E-state index in [9.17, 15) is 4.79 Å². The van der Waals surface area contributed by atoms with Crippen LogP contribution in [-0.2, 0) is 14.0 Å². The van der Waals surface area contributed by atoms with Crippen LogP contribution in [-0.4, -0.2) is 31.1 Å². The van der Waals surface area contributed by atoms with Crippen LogP contribution in [0.1, 0.15) is 20.3 Å². The Morgan fingerprint density at radius 3 is 2.27 bits per heavy atom. The third-order valence-corrected chi connectivity index (χ3v) is 4.01. The van der Waals surface area contributed by atoms with Crippen LogP contribution in [0.5, 0.6) is 0 Å². The van der Waals surface area contributed by atoms with Gasteiger partial charge in [-0.1, -0.05) is 6.92 Å². The number of rotatable bonds is 5. The summed E-state index contributed by atoms with van der Waals surface area (Å²) in [6.45, 7) is 10.6. The van der Waals surface area contributed by atoms with Gasteiger partial charge in [0.1, 0.15) is 0 Å². The lowest BCUT2D eigenvalue weighted by Crippen LogP contribution is -2.26. The Hall–Kier alpha value is -0.556. The van der Waals surface area contributed by atoms with Crippen molar-refractivity contribution in [2.75, 3.05) is 6.61 Å². The topological polar surface area (TPSA) is 35.5 Å². The summed E-state index contributed by atoms with van der Waals surface area (Å²) in [5.74, 6) is -0.236. The molecule has 0 heterocycles. The third kappa shape index (κ3) is 6.51. The first-order valence-corrected chi connectivity index (χ1v) is 9.72. The Labute approximate surface area is 96.4 Å². The Kier molecular flexibility index (Phi) is 5.89. The SMILES string of the molecule is CCCOC(=O)C(C)=C([SiH3])O[Si](C)(C)C. The molecule has 3 nitrogen and oxygen atoms in total. The molecule has 0 saturated carbocycles. The minimum Gasteiger partial charge on any atom is -0.552 e. The smallest absolute Gasteiger partial charge is 0.336 e. The summed E-state index contributed by atoms with van der Waals surface area (Å²) >= 11 is 0. The fraction of sp³-hybridized carbons (Fsp3) is 0.700. The second-order valence-corrected chi connectivity index (χ2v) is 9.87. The first-order chi connectivity index (χ1) is 6.78. The molecule has 0 aromatic carbocycles. The minimum atomic E-state index is -1.59. The average Bonchev–Trinajstić information content (AvgIpc) is 2.10. The molecule has 0 aliphatic carbocycles. The van der Waals surface area contributed by atoms with Gasteiger partial charge in [-0.05, 0) is 33.0 Å². The molecular formula is C10H22O3Si2. The van der Waals surface area contributed by atoms with E-state index >= 15 is 0 Å². The minimum absolute atomic E-state index is 0.236. The second kappa shape index (κ2) is 6.12. The summed E-state index contributed by atoms with van der Waals surface area (Å²) in [4.78, 5) is 11.5. The maximum absolute atomic E-state index is 11.5. The molecule has 0 aliphatic heterocycles. The van der Waals surface area contributed by atoms with Crippen molar-refractivity contribution < 1.29 is 14.0 Å². The number of hydrogen-bond acceptors (Lipinski definition) is 3. The third-order valence-electron chi connectivity index (χ3n) is 1.73. The molecule has 0 unspecified atom stereocenters. The van der Waals surface area contributed by atoms with Gasteiger partial charge in [-0.25, -0.2) is 4.79 Å². The fourth-order valence-corrected chi connectivity index (χ4v) is 4.10. The lowest BCUT2D eigenvalue weighted by Gasteiger charge is -2.21. The average molecular weight is 246 g/mol. The predicted molar refractivity (Wildman–Crippen MR) is 68.3 cm³/mol. The van der Waals surface area contributed by atoms with E-state index in [0.29, 0.717) is 12.2 Å². The molecule has 0 radical (unpaired) electrons. The van der Waals surface area contributed by atoms with Gasteiger partial charge in [-0.3, -0.25) is 0 Å². The molecule has 15 heavy (non-hydrogen) atoms. The summed E-state index contributed by atoms with van der Waals surface area (Å²) in [6, 6.07) is 0. The van der Waals surface area contributed by atoms with Crippen LogP contribution >= 0.6 is 0 Å². The highest BCUT2D eigenvalue weighted by Gasteiger charge is 2.18. The normalized spacial score (nSPS) is 13.4. The van der Waals surface area contributed by atoms with Crippen molar-refractivity contribution in [1.29, 1.82) is 0 Å². The molecule has 0 N–H and O–H groups in total. The highest BCUT2D eigenvalue weighted by atomic mass is 28.4. The van der Waals surface area contributed by atoms with Crippen LogP contribution in [0.3, 0.4) is 0 Å². The monoisotopic (exact) mass is 246 g/mol. The van der Waals surface area contributed by atoms with Crippen molar-refractivity contribution in [3.8, 4) is 0 Å². The Balaban J connectivity index is 4.43. The second-order valence-electron chi connectivity index (χ2n) is 4.53. The van der Waals surface area contributed by atoms with Crippen molar-refractivity contribution in [3.05, 3.63) is 11.0 Å². The molecule has 5 heteroatoms. The molecule has 0 amide bonds. The summed E-state index contributed by atoms with van der Waals surface area (Å²) in [6.07, 6.45) is 0.852. The van der Waals surface area contributed by atoms with Crippen LogP contribution in [0.4, 0.5) is 0 Å². The van der Waals surface area contributed by atoms with E-state index in [0.717, 1.165) is 22.0 Å². The molecular weight excluding hydrogens is 224 g/mol. The van der Waals surface area contributed by atoms with Crippen molar-refractivity contribution in [2.24, 2.45) is 0 Å². The number of carbonyl (C=O) groups excluding carboxylic acids is 1. The molecule has 0 aliphatic rings. The zero-order chi connectivity index (χ0) is 12.1. The highest BCUT2D eigenvalue weighted by molar-refractivity contribution is 6.70. The lowest BCUT2D eigenvalue weighted by atomic mass is 10.3. The van der Waals surface area contributed by atoms with E-state index in [2.05, 4.69) is 19.6 Å². The van der Waals surface area contributed by atoms with Gasteiger partial charge in [-0.15, -0.1) is 0 Å². The van der Waals surface area contributed by atoms with Gasteiger partial charge in [0.25, 0.3) is 0 Å². The molecule has 0 aromatic rings. The number of hydrogen-bond donors (Lipinski definition) is 0. The van der Waals surface area contributed by atoms with Crippen LogP contribution in [0.2, 0.25) is 19.6 Å². The lowest BCUT2D eigenvalue weighted by molar-refractivity contribution is -0.139. The zero-order valence-electron chi connectivity index (χ0n) is 10.6. The largest absolute Gasteiger partial charge is 0.552 e. The van der Waals surface area contributed by atoms with E-state index in [1.54, 1.807) is 6.92 Å². The highest BCUT2D eigenvalue weighted by Crippen LogP contribution is 2.12. The quantitative estimate of drug-likeness (QED) is 0.318. The fourth-order valence-electron chi connectivity index (χ4n) is 0.983. The molecule has 0 fully saturated rings. The molecule has 0 aromatic heterocycles. The van der Waals surface area contributed by atoms with Crippen LogP contribution in [0.25, 0.3) is 0 Å². The van der Waals surface area contributed by atoms with Crippen LogP contribution in [0, 0.1) is 0 Å². The van der Waals surface area contributed by atoms with Gasteiger partial charge in [-0.2, -0.15) is 0 Å². The maximum atomic E-state index is 11.5. The molecule has 0 atom stereocenters. The zero-order valence-corrected chi connectivity index (χ0v) is 13.6. The Morgan fingerprint density at radius 2 is 1.87 bits per heavy atom. The van der Waals surface area contributed by atoms with Gasteiger partial charge in [0.05, 0.1) is 27.8 Å². The van der Waals surface area contributed by atoms with Crippen LogP contribution in [0.15, 0.2) is 11.0 Å². The van der Waals surface area contributed by atoms with Crippen molar-refractivity contribution in [3.63, 3.8) is 0 Å². The van der Waals surface area contributed by atoms with Gasteiger partial charge in [0.2, 0.25) is 8.32 Å². The first kappa shape index (κ1) is 14.4. The Bertz CT molecular complexity index is 254. The van der Waals surface area contributed by atoms with E-state index in [1.165, 1.54) is 0 Å². The van der Waals surface area contributed by atoms with Gasteiger partial charge in [0.15, 0.2) is 0 Å². The van der Waals surface area contributed by atoms with E-state index in [4.69, 9.17) is 9.16 Å². The summed E-state index contributed by atoms with van der Waals surface area (Å²) in [5.41, 5.74) is 0.637. The van der Waals surface area contributed by atoms with Gasteiger partial charge >= 0.3 is 5.97 Å². The van der Waals surface area contributed by atoms with Crippen molar-refractivity contribution in [1.82, 2.24) is 0 Å². The molecule has 0 saturated heterocycles. The number of carbonyl (C=O) groups is 1. The van der Waals surface area contributed by atoms with E-state index in [-0.39, 0.29) is 5.97 Å².